The van der Waals surface area contributed by atoms with Crippen molar-refractivity contribution in [3.05, 3.63) is 0 Å². The maximum Gasteiger partial charge on any atom is 0.211 e. The van der Waals surface area contributed by atoms with Crippen molar-refractivity contribution in [1.82, 2.24) is 15.4 Å². The van der Waals surface area contributed by atoms with E-state index < -0.39 is 10.0 Å². The normalized spacial score (nSPS) is 19.0. The molecule has 0 aromatic heterocycles. The van der Waals surface area contributed by atoms with Crippen LogP contribution in [0.5, 0.6) is 0 Å². The second kappa shape index (κ2) is 11.6. The Kier molecular flexibility index (Phi) is 10.2. The number of nitrogens with one attached hydrogen (secondary N) is 3. The topological polar surface area (TPSA) is 101 Å². The van der Waals surface area contributed by atoms with Gasteiger partial charge in [-0.15, -0.1) is 0 Å². The molecule has 136 valence electrons. The van der Waals surface area contributed by atoms with Gasteiger partial charge in [0.1, 0.15) is 0 Å². The van der Waals surface area contributed by atoms with Gasteiger partial charge >= 0.3 is 0 Å². The summed E-state index contributed by atoms with van der Waals surface area (Å²) >= 11 is 0. The predicted octanol–water partition coefficient (Wildman–Crippen LogP) is -0.324. The summed E-state index contributed by atoms with van der Waals surface area (Å²) in [7, 11) is -1.39. The Morgan fingerprint density at radius 2 is 2.00 bits per heavy atom. The van der Waals surface area contributed by atoms with Gasteiger partial charge in [-0.2, -0.15) is 0 Å². The van der Waals surface area contributed by atoms with Crippen LogP contribution in [-0.4, -0.2) is 72.7 Å². The van der Waals surface area contributed by atoms with E-state index >= 15 is 0 Å². The molecule has 0 aromatic rings. The maximum atomic E-state index is 11.3. The first kappa shape index (κ1) is 20.1. The van der Waals surface area contributed by atoms with E-state index in [0.717, 1.165) is 26.0 Å². The average Bonchev–Trinajstić information content (AvgIpc) is 3.05. The van der Waals surface area contributed by atoms with Crippen LogP contribution in [0.4, 0.5) is 0 Å². The molecule has 9 heteroatoms. The summed E-state index contributed by atoms with van der Waals surface area (Å²) in [5.74, 6) is 0.825. The molecule has 8 nitrogen and oxygen atoms in total. The highest BCUT2D eigenvalue weighted by molar-refractivity contribution is 7.89. The van der Waals surface area contributed by atoms with E-state index in [4.69, 9.17) is 9.47 Å². The third-order valence-corrected chi connectivity index (χ3v) is 4.83. The fourth-order valence-electron chi connectivity index (χ4n) is 2.02. The van der Waals surface area contributed by atoms with Crippen molar-refractivity contribution in [3.63, 3.8) is 0 Å². The van der Waals surface area contributed by atoms with Crippen LogP contribution in [0.1, 0.15) is 26.2 Å². The lowest BCUT2D eigenvalue weighted by Gasteiger charge is -2.13. The Morgan fingerprint density at radius 3 is 2.61 bits per heavy atom. The monoisotopic (exact) mass is 350 g/mol. The number of aliphatic imine (C=N–C) groups is 1. The van der Waals surface area contributed by atoms with E-state index in [2.05, 4.69) is 20.3 Å². The molecule has 1 heterocycles. The molecule has 0 aromatic carbocycles. The zero-order valence-corrected chi connectivity index (χ0v) is 15.0. The number of guanidine groups is 1. The number of sulfonamides is 1. The van der Waals surface area contributed by atoms with Crippen LogP contribution in [0.2, 0.25) is 0 Å². The fourth-order valence-corrected chi connectivity index (χ4v) is 2.68. The molecule has 1 fully saturated rings. The minimum absolute atomic E-state index is 0.110. The molecule has 0 amide bonds. The Morgan fingerprint density at radius 1 is 1.26 bits per heavy atom. The average molecular weight is 350 g/mol. The largest absolute Gasteiger partial charge is 0.379 e. The predicted molar refractivity (Wildman–Crippen MR) is 91.2 cm³/mol. The first-order valence-electron chi connectivity index (χ1n) is 8.18. The third-order valence-electron chi connectivity index (χ3n) is 3.43. The molecule has 23 heavy (non-hydrogen) atoms. The van der Waals surface area contributed by atoms with Gasteiger partial charge in [0, 0.05) is 39.9 Å². The lowest BCUT2D eigenvalue weighted by atomic mass is 10.3. The molecule has 0 radical (unpaired) electrons. The first-order chi connectivity index (χ1) is 11.1. The Balaban J connectivity index is 1.99. The second-order valence-electron chi connectivity index (χ2n) is 5.29. The van der Waals surface area contributed by atoms with Gasteiger partial charge in [-0.05, 0) is 26.2 Å². The molecule has 0 spiro atoms. The lowest BCUT2D eigenvalue weighted by molar-refractivity contribution is 0.0420. The molecule has 1 atom stereocenters. The van der Waals surface area contributed by atoms with Crippen LogP contribution >= 0.6 is 0 Å². The van der Waals surface area contributed by atoms with Gasteiger partial charge in [0.15, 0.2) is 5.96 Å². The SMILES string of the molecule is CCS(=O)(=O)NCCCNC(=NC)NCCCOC1CCOC1. The molecular weight excluding hydrogens is 320 g/mol. The molecule has 1 aliphatic rings. The highest BCUT2D eigenvalue weighted by atomic mass is 32.2. The number of nitrogens with zero attached hydrogens (tertiary/aromatic N) is 1. The van der Waals surface area contributed by atoms with E-state index in [0.29, 0.717) is 38.7 Å². The van der Waals surface area contributed by atoms with E-state index in [1.807, 2.05) is 0 Å². The highest BCUT2D eigenvalue weighted by Gasteiger charge is 2.15. The molecule has 1 aliphatic heterocycles. The van der Waals surface area contributed by atoms with Gasteiger partial charge in [-0.1, -0.05) is 0 Å². The van der Waals surface area contributed by atoms with Crippen LogP contribution < -0.4 is 15.4 Å². The summed E-state index contributed by atoms with van der Waals surface area (Å²) in [6.07, 6.45) is 2.83. The van der Waals surface area contributed by atoms with Crippen LogP contribution in [0.15, 0.2) is 4.99 Å². The molecule has 0 saturated carbocycles. The van der Waals surface area contributed by atoms with Crippen molar-refractivity contribution in [2.24, 2.45) is 4.99 Å². The minimum Gasteiger partial charge on any atom is -0.379 e. The quantitative estimate of drug-likeness (QED) is 0.268. The van der Waals surface area contributed by atoms with Crippen molar-refractivity contribution in [2.45, 2.75) is 32.3 Å². The first-order valence-corrected chi connectivity index (χ1v) is 9.84. The molecule has 0 bridgehead atoms. The smallest absolute Gasteiger partial charge is 0.211 e. The zero-order valence-electron chi connectivity index (χ0n) is 14.1. The van der Waals surface area contributed by atoms with E-state index in [-0.39, 0.29) is 11.9 Å². The number of hydrogen-bond donors (Lipinski definition) is 3. The summed E-state index contributed by atoms with van der Waals surface area (Å²) in [5, 5.41) is 6.35. The van der Waals surface area contributed by atoms with Crippen LogP contribution in [0.25, 0.3) is 0 Å². The zero-order chi connectivity index (χ0) is 17.0. The summed E-state index contributed by atoms with van der Waals surface area (Å²) in [5.41, 5.74) is 0. The van der Waals surface area contributed by atoms with Crippen molar-refractivity contribution in [2.75, 3.05) is 52.3 Å². The van der Waals surface area contributed by atoms with Gasteiger partial charge in [-0.25, -0.2) is 13.1 Å². The molecular formula is C14H30N4O4S. The van der Waals surface area contributed by atoms with E-state index in [1.54, 1.807) is 14.0 Å². The summed E-state index contributed by atoms with van der Waals surface area (Å²) in [4.78, 5) is 4.12. The number of rotatable bonds is 11. The Bertz CT molecular complexity index is 436. The summed E-state index contributed by atoms with van der Waals surface area (Å²) in [6.45, 7) is 5.69. The van der Waals surface area contributed by atoms with E-state index in [9.17, 15) is 8.42 Å². The number of ether oxygens (including phenoxy) is 2. The van der Waals surface area contributed by atoms with E-state index in [1.165, 1.54) is 0 Å². The standard InChI is InChI=1S/C14H30N4O4S/c1-3-23(19,20)18-9-4-7-16-14(15-2)17-8-5-10-22-13-6-11-21-12-13/h13,18H,3-12H2,1-2H3,(H2,15,16,17). The third kappa shape index (κ3) is 9.75. The molecule has 1 rings (SSSR count). The summed E-state index contributed by atoms with van der Waals surface area (Å²) < 4.78 is 36.0. The van der Waals surface area contributed by atoms with Gasteiger partial charge in [0.25, 0.3) is 0 Å². The lowest BCUT2D eigenvalue weighted by Crippen LogP contribution is -2.39. The van der Waals surface area contributed by atoms with Crippen LogP contribution in [0, 0.1) is 0 Å². The highest BCUT2D eigenvalue weighted by Crippen LogP contribution is 2.07. The van der Waals surface area contributed by atoms with Gasteiger partial charge < -0.3 is 20.1 Å². The van der Waals surface area contributed by atoms with Crippen LogP contribution in [-0.2, 0) is 19.5 Å². The maximum absolute atomic E-state index is 11.3. The Labute approximate surface area is 139 Å². The number of hydrogen-bond acceptors (Lipinski definition) is 5. The molecule has 3 N–H and O–H groups in total. The van der Waals surface area contributed by atoms with Crippen molar-refractivity contribution < 1.29 is 17.9 Å². The van der Waals surface area contributed by atoms with Crippen LogP contribution in [0.3, 0.4) is 0 Å². The van der Waals surface area contributed by atoms with Gasteiger partial charge in [0.2, 0.25) is 10.0 Å². The van der Waals surface area contributed by atoms with Crippen molar-refractivity contribution in [3.8, 4) is 0 Å². The minimum atomic E-state index is -3.10. The molecule has 1 unspecified atom stereocenters. The second-order valence-corrected chi connectivity index (χ2v) is 7.38. The summed E-state index contributed by atoms with van der Waals surface area (Å²) in [6, 6.07) is 0. The van der Waals surface area contributed by atoms with Crippen molar-refractivity contribution in [1.29, 1.82) is 0 Å². The van der Waals surface area contributed by atoms with Gasteiger partial charge in [-0.3, -0.25) is 4.99 Å². The fraction of sp³-hybridized carbons (Fsp3) is 0.929. The Hall–Kier alpha value is -0.900. The molecule has 0 aliphatic carbocycles. The van der Waals surface area contributed by atoms with Gasteiger partial charge in [0.05, 0.1) is 18.5 Å². The molecule has 1 saturated heterocycles. The van der Waals surface area contributed by atoms with Crippen molar-refractivity contribution >= 4 is 16.0 Å².